The van der Waals surface area contributed by atoms with Crippen molar-refractivity contribution in [1.29, 1.82) is 0 Å². The quantitative estimate of drug-likeness (QED) is 0.691. The second kappa shape index (κ2) is 9.11. The van der Waals surface area contributed by atoms with E-state index in [0.717, 1.165) is 0 Å². The Balaban J connectivity index is 1.54. The number of hydrogen-bond donors (Lipinski definition) is 2. The molecule has 1 fully saturated rings. The number of fused-ring (bicyclic) bond motifs is 1. The highest BCUT2D eigenvalue weighted by atomic mass is 32.2. The van der Waals surface area contributed by atoms with Gasteiger partial charge in [-0.2, -0.15) is 4.31 Å². The van der Waals surface area contributed by atoms with Crippen LogP contribution in [0.25, 0.3) is 0 Å². The molecule has 2 amide bonds. The molecule has 4 rings (SSSR count). The molecule has 8 nitrogen and oxygen atoms in total. The van der Waals surface area contributed by atoms with Crippen molar-refractivity contribution >= 4 is 33.2 Å². The van der Waals surface area contributed by atoms with Crippen LogP contribution in [0.5, 0.6) is 5.75 Å². The maximum atomic E-state index is 13.5. The topological polar surface area (TPSA) is 105 Å². The molecular formula is C23H26FN3O5S. The Kier molecular flexibility index (Phi) is 6.40. The minimum Gasteiger partial charge on any atom is -0.478 e. The lowest BCUT2D eigenvalue weighted by Gasteiger charge is -2.32. The van der Waals surface area contributed by atoms with Crippen LogP contribution in [-0.4, -0.2) is 43.7 Å². The van der Waals surface area contributed by atoms with E-state index < -0.39 is 27.9 Å². The van der Waals surface area contributed by atoms with Gasteiger partial charge in [-0.25, -0.2) is 12.8 Å². The molecule has 0 aliphatic carbocycles. The summed E-state index contributed by atoms with van der Waals surface area (Å²) in [6, 6.07) is 8.46. The molecule has 0 unspecified atom stereocenters. The Morgan fingerprint density at radius 1 is 1.27 bits per heavy atom. The summed E-state index contributed by atoms with van der Waals surface area (Å²) in [5.41, 5.74) is 1.37. The van der Waals surface area contributed by atoms with E-state index in [-0.39, 0.29) is 23.3 Å². The van der Waals surface area contributed by atoms with E-state index in [1.807, 2.05) is 6.92 Å². The lowest BCUT2D eigenvalue weighted by molar-refractivity contribution is -0.123. The number of aryl methyl sites for hydroxylation is 1. The maximum Gasteiger partial charge on any atom is 0.265 e. The molecule has 10 heteroatoms. The van der Waals surface area contributed by atoms with Crippen LogP contribution < -0.4 is 15.4 Å². The van der Waals surface area contributed by atoms with E-state index in [9.17, 15) is 22.4 Å². The SMILES string of the molecule is CC[C@@H]1Oc2cc(S(=O)(=O)N3CCC[C@@H](C(=O)Nc4ccc(F)cc4)C3)c(C)cc2NC1=O. The third kappa shape index (κ3) is 4.72. The first kappa shape index (κ1) is 23.2. The lowest BCUT2D eigenvalue weighted by Crippen LogP contribution is -2.44. The van der Waals surface area contributed by atoms with Gasteiger partial charge in [-0.1, -0.05) is 6.92 Å². The number of carbonyl (C=O) groups is 2. The summed E-state index contributed by atoms with van der Waals surface area (Å²) in [6.45, 7) is 3.81. The average Bonchev–Trinajstić information content (AvgIpc) is 2.79. The van der Waals surface area contributed by atoms with Crippen molar-refractivity contribution < 1.29 is 27.1 Å². The molecular weight excluding hydrogens is 449 g/mol. The largest absolute Gasteiger partial charge is 0.478 e. The smallest absolute Gasteiger partial charge is 0.265 e. The number of benzene rings is 2. The number of ether oxygens (including phenoxy) is 1. The number of sulfonamides is 1. The molecule has 0 radical (unpaired) electrons. The zero-order valence-corrected chi connectivity index (χ0v) is 19.2. The highest BCUT2D eigenvalue weighted by molar-refractivity contribution is 7.89. The summed E-state index contributed by atoms with van der Waals surface area (Å²) < 4.78 is 47.1. The highest BCUT2D eigenvalue weighted by Gasteiger charge is 2.36. The van der Waals surface area contributed by atoms with Crippen LogP contribution in [0.2, 0.25) is 0 Å². The van der Waals surface area contributed by atoms with E-state index in [1.165, 1.54) is 34.6 Å². The van der Waals surface area contributed by atoms with E-state index in [2.05, 4.69) is 10.6 Å². The van der Waals surface area contributed by atoms with Crippen molar-refractivity contribution in [2.24, 2.45) is 5.92 Å². The first-order valence-corrected chi connectivity index (χ1v) is 12.3. The predicted octanol–water partition coefficient (Wildman–Crippen LogP) is 3.28. The fourth-order valence-corrected chi connectivity index (χ4v) is 5.87. The fourth-order valence-electron chi connectivity index (χ4n) is 4.12. The molecule has 0 saturated carbocycles. The van der Waals surface area contributed by atoms with Gasteiger partial charge in [-0.05, 0) is 62.1 Å². The van der Waals surface area contributed by atoms with Gasteiger partial charge < -0.3 is 15.4 Å². The molecule has 0 spiro atoms. The Labute approximate surface area is 192 Å². The normalized spacial score (nSPS) is 21.0. The molecule has 2 aromatic carbocycles. The molecule has 2 aliphatic rings. The number of carbonyl (C=O) groups excluding carboxylic acids is 2. The van der Waals surface area contributed by atoms with Crippen molar-refractivity contribution in [3.63, 3.8) is 0 Å². The van der Waals surface area contributed by atoms with Crippen molar-refractivity contribution in [3.05, 3.63) is 47.8 Å². The van der Waals surface area contributed by atoms with Crippen LogP contribution >= 0.6 is 0 Å². The summed E-state index contributed by atoms with van der Waals surface area (Å²) in [4.78, 5) is 24.9. The molecule has 33 heavy (non-hydrogen) atoms. The summed E-state index contributed by atoms with van der Waals surface area (Å²) in [5, 5.41) is 5.49. The number of anilines is 2. The second-order valence-corrected chi connectivity index (χ2v) is 10.2. The maximum absolute atomic E-state index is 13.5. The van der Waals surface area contributed by atoms with Gasteiger partial charge in [0.05, 0.1) is 16.5 Å². The Morgan fingerprint density at radius 2 is 2.00 bits per heavy atom. The molecule has 2 heterocycles. The highest BCUT2D eigenvalue weighted by Crippen LogP contribution is 2.36. The van der Waals surface area contributed by atoms with Gasteiger partial charge in [-0.15, -0.1) is 0 Å². The van der Waals surface area contributed by atoms with E-state index >= 15 is 0 Å². The lowest BCUT2D eigenvalue weighted by atomic mass is 9.99. The van der Waals surface area contributed by atoms with Gasteiger partial charge in [0.1, 0.15) is 11.6 Å². The van der Waals surface area contributed by atoms with Crippen molar-refractivity contribution in [2.45, 2.75) is 44.1 Å². The predicted molar refractivity (Wildman–Crippen MR) is 121 cm³/mol. The average molecular weight is 476 g/mol. The summed E-state index contributed by atoms with van der Waals surface area (Å²) in [7, 11) is -3.90. The Bertz CT molecular complexity index is 1180. The van der Waals surface area contributed by atoms with Crippen molar-refractivity contribution in [3.8, 4) is 5.75 Å². The number of hydrogen-bond acceptors (Lipinski definition) is 5. The van der Waals surface area contributed by atoms with Gasteiger partial charge in [-0.3, -0.25) is 9.59 Å². The Morgan fingerprint density at radius 3 is 2.70 bits per heavy atom. The number of piperidine rings is 1. The van der Waals surface area contributed by atoms with E-state index in [0.29, 0.717) is 48.5 Å². The van der Waals surface area contributed by atoms with Gasteiger partial charge in [0.25, 0.3) is 5.91 Å². The van der Waals surface area contributed by atoms with Gasteiger partial charge in [0, 0.05) is 24.8 Å². The fraction of sp³-hybridized carbons (Fsp3) is 0.391. The van der Waals surface area contributed by atoms with Crippen molar-refractivity contribution in [1.82, 2.24) is 4.31 Å². The zero-order valence-electron chi connectivity index (χ0n) is 18.4. The third-order valence-electron chi connectivity index (χ3n) is 5.95. The number of nitrogens with zero attached hydrogens (tertiary/aromatic N) is 1. The minimum absolute atomic E-state index is 0.0427. The molecule has 2 aromatic rings. The number of nitrogens with one attached hydrogen (secondary N) is 2. The minimum atomic E-state index is -3.90. The van der Waals surface area contributed by atoms with E-state index in [1.54, 1.807) is 13.0 Å². The van der Waals surface area contributed by atoms with Gasteiger partial charge >= 0.3 is 0 Å². The summed E-state index contributed by atoms with van der Waals surface area (Å²) in [5.74, 6) is -1.19. The monoisotopic (exact) mass is 475 g/mol. The van der Waals surface area contributed by atoms with Crippen LogP contribution in [0.3, 0.4) is 0 Å². The number of rotatable bonds is 5. The van der Waals surface area contributed by atoms with Crippen LogP contribution in [0.1, 0.15) is 31.7 Å². The molecule has 1 saturated heterocycles. The first-order chi connectivity index (χ1) is 15.7. The van der Waals surface area contributed by atoms with Crippen molar-refractivity contribution in [2.75, 3.05) is 23.7 Å². The van der Waals surface area contributed by atoms with Gasteiger partial charge in [0.2, 0.25) is 15.9 Å². The molecule has 2 aliphatic heterocycles. The Hall–Kier alpha value is -2.98. The second-order valence-electron chi connectivity index (χ2n) is 8.32. The standard InChI is InChI=1S/C23H26FN3O5S/c1-3-19-23(29)26-18-11-14(2)21(12-20(18)32-19)33(30,31)27-10-4-5-15(13-27)22(28)25-17-8-6-16(24)7-9-17/h6-9,11-12,15,19H,3-5,10,13H2,1-2H3,(H,25,28)(H,26,29)/t15-,19+/m1/s1. The van der Waals surface area contributed by atoms with E-state index in [4.69, 9.17) is 4.74 Å². The molecule has 2 N–H and O–H groups in total. The first-order valence-electron chi connectivity index (χ1n) is 10.9. The number of halogens is 1. The van der Waals surface area contributed by atoms with Crippen LogP contribution in [0.15, 0.2) is 41.3 Å². The zero-order chi connectivity index (χ0) is 23.8. The third-order valence-corrected chi connectivity index (χ3v) is 7.96. The van der Waals surface area contributed by atoms with Crippen LogP contribution in [0.4, 0.5) is 15.8 Å². The summed E-state index contributed by atoms with van der Waals surface area (Å²) in [6.07, 6.45) is 0.869. The molecule has 0 aromatic heterocycles. The molecule has 176 valence electrons. The van der Waals surface area contributed by atoms with Crippen LogP contribution in [-0.2, 0) is 19.6 Å². The molecule has 0 bridgehead atoms. The van der Waals surface area contributed by atoms with Crippen LogP contribution in [0, 0.1) is 18.7 Å². The van der Waals surface area contributed by atoms with Gasteiger partial charge in [0.15, 0.2) is 6.10 Å². The summed E-state index contributed by atoms with van der Waals surface area (Å²) >= 11 is 0. The molecule has 2 atom stereocenters. The number of amides is 2.